The van der Waals surface area contributed by atoms with Gasteiger partial charge in [-0.1, -0.05) is 17.7 Å². The molecule has 1 heterocycles. The molecule has 3 rings (SSSR count). The number of ether oxygens (including phenoxy) is 1. The zero-order chi connectivity index (χ0) is 12.7. The van der Waals surface area contributed by atoms with E-state index in [1.54, 1.807) is 6.07 Å². The number of benzene rings is 2. The van der Waals surface area contributed by atoms with Gasteiger partial charge in [-0.25, -0.2) is 0 Å². The molecular weight excluding hydrogens is 252 g/mol. The van der Waals surface area contributed by atoms with Gasteiger partial charge in [0.25, 0.3) is 0 Å². The highest BCUT2D eigenvalue weighted by molar-refractivity contribution is 6.30. The first kappa shape index (κ1) is 11.2. The van der Waals surface area contributed by atoms with Crippen LogP contribution < -0.4 is 4.74 Å². The van der Waals surface area contributed by atoms with Crippen molar-refractivity contribution in [2.24, 2.45) is 0 Å². The third-order valence-electron chi connectivity index (χ3n) is 3.07. The van der Waals surface area contributed by atoms with E-state index in [0.29, 0.717) is 16.5 Å². The van der Waals surface area contributed by atoms with Crippen molar-refractivity contribution in [3.8, 4) is 23.0 Å². The van der Waals surface area contributed by atoms with Gasteiger partial charge in [-0.15, -0.1) is 0 Å². The van der Waals surface area contributed by atoms with Crippen molar-refractivity contribution in [2.75, 3.05) is 0 Å². The fraction of sp³-hybridized carbons (Fsp3) is 0.143. The number of phenols is 2. The Labute approximate surface area is 109 Å². The van der Waals surface area contributed by atoms with Crippen molar-refractivity contribution < 1.29 is 14.9 Å². The molecule has 0 unspecified atom stereocenters. The number of phenolic OH excluding ortho intramolecular Hbond substituents is 2. The van der Waals surface area contributed by atoms with Gasteiger partial charge in [0.05, 0.1) is 0 Å². The number of hydrogen-bond acceptors (Lipinski definition) is 3. The molecule has 0 fully saturated rings. The molecule has 0 saturated heterocycles. The summed E-state index contributed by atoms with van der Waals surface area (Å²) in [5, 5.41) is 19.6. The van der Waals surface area contributed by atoms with E-state index in [0.717, 1.165) is 24.0 Å². The third kappa shape index (κ3) is 1.87. The highest BCUT2D eigenvalue weighted by atomic mass is 35.5. The molecule has 0 aromatic heterocycles. The summed E-state index contributed by atoms with van der Waals surface area (Å²) in [6.45, 7) is 0. The second kappa shape index (κ2) is 4.10. The average molecular weight is 263 g/mol. The molecule has 2 aromatic rings. The van der Waals surface area contributed by atoms with Gasteiger partial charge in [-0.2, -0.15) is 0 Å². The van der Waals surface area contributed by atoms with Gasteiger partial charge < -0.3 is 14.9 Å². The first-order valence-electron chi connectivity index (χ1n) is 5.64. The Kier molecular flexibility index (Phi) is 2.56. The van der Waals surface area contributed by atoms with Crippen LogP contribution in [0.2, 0.25) is 5.02 Å². The van der Waals surface area contributed by atoms with Gasteiger partial charge in [0.2, 0.25) is 0 Å². The van der Waals surface area contributed by atoms with E-state index in [1.165, 1.54) is 12.1 Å². The molecule has 92 valence electrons. The summed E-state index contributed by atoms with van der Waals surface area (Å²) in [5.74, 6) is 0.957. The van der Waals surface area contributed by atoms with Crippen LogP contribution in [-0.4, -0.2) is 10.2 Å². The maximum Gasteiger partial charge on any atom is 0.161 e. The topological polar surface area (TPSA) is 49.7 Å². The number of fused-ring (bicyclic) bond motifs is 2. The summed E-state index contributed by atoms with van der Waals surface area (Å²) in [5.41, 5.74) is 1.94. The summed E-state index contributed by atoms with van der Waals surface area (Å²) < 4.78 is 5.76. The number of halogens is 1. The fourth-order valence-corrected chi connectivity index (χ4v) is 2.27. The number of aryl methyl sites for hydroxylation is 2. The van der Waals surface area contributed by atoms with Gasteiger partial charge in [-0.3, -0.25) is 0 Å². The minimum atomic E-state index is -0.181. The third-order valence-corrected chi connectivity index (χ3v) is 3.31. The van der Waals surface area contributed by atoms with Gasteiger partial charge in [0.15, 0.2) is 11.5 Å². The number of rotatable bonds is 0. The molecule has 0 spiro atoms. The van der Waals surface area contributed by atoms with E-state index in [-0.39, 0.29) is 11.5 Å². The predicted molar refractivity (Wildman–Crippen MR) is 68.7 cm³/mol. The Balaban J connectivity index is 2.10. The molecule has 4 heteroatoms. The monoisotopic (exact) mass is 262 g/mol. The SMILES string of the molecule is Oc1cc2c(cc1O)Oc1cc(Cl)ccc1CC2. The van der Waals surface area contributed by atoms with Crippen molar-refractivity contribution >= 4 is 11.6 Å². The highest BCUT2D eigenvalue weighted by Crippen LogP contribution is 2.40. The summed E-state index contributed by atoms with van der Waals surface area (Å²) in [6.07, 6.45) is 1.56. The lowest BCUT2D eigenvalue weighted by Crippen LogP contribution is -1.88. The molecule has 18 heavy (non-hydrogen) atoms. The van der Waals surface area contributed by atoms with E-state index in [4.69, 9.17) is 16.3 Å². The molecule has 2 N–H and O–H groups in total. The molecule has 0 atom stereocenters. The van der Waals surface area contributed by atoms with Crippen LogP contribution >= 0.6 is 11.6 Å². The Bertz CT molecular complexity index is 623. The van der Waals surface area contributed by atoms with Gasteiger partial charge in [0, 0.05) is 11.1 Å². The van der Waals surface area contributed by atoms with E-state index in [9.17, 15) is 10.2 Å². The Morgan fingerprint density at radius 2 is 1.56 bits per heavy atom. The lowest BCUT2D eigenvalue weighted by Gasteiger charge is -2.10. The van der Waals surface area contributed by atoms with Crippen LogP contribution in [0.4, 0.5) is 0 Å². The Morgan fingerprint density at radius 3 is 2.39 bits per heavy atom. The molecule has 0 aliphatic carbocycles. The quantitative estimate of drug-likeness (QED) is 0.713. The molecule has 0 amide bonds. The largest absolute Gasteiger partial charge is 0.504 e. The number of hydrogen-bond donors (Lipinski definition) is 2. The molecule has 2 aromatic carbocycles. The van der Waals surface area contributed by atoms with E-state index in [2.05, 4.69) is 0 Å². The minimum Gasteiger partial charge on any atom is -0.504 e. The molecule has 0 saturated carbocycles. The van der Waals surface area contributed by atoms with E-state index >= 15 is 0 Å². The maximum atomic E-state index is 9.51. The standard InChI is InChI=1S/C14H11ClO3/c15-10-4-3-8-1-2-9-5-11(16)12(17)7-14(9)18-13(8)6-10/h3-7,16-17H,1-2H2. The smallest absolute Gasteiger partial charge is 0.161 e. The summed E-state index contributed by atoms with van der Waals surface area (Å²) in [6, 6.07) is 8.49. The minimum absolute atomic E-state index is 0.124. The normalized spacial score (nSPS) is 13.2. The second-order valence-electron chi connectivity index (χ2n) is 4.30. The van der Waals surface area contributed by atoms with E-state index < -0.39 is 0 Å². The molecular formula is C14H11ClO3. The summed E-state index contributed by atoms with van der Waals surface area (Å²) in [7, 11) is 0. The summed E-state index contributed by atoms with van der Waals surface area (Å²) >= 11 is 5.94. The van der Waals surface area contributed by atoms with Gasteiger partial charge >= 0.3 is 0 Å². The van der Waals surface area contributed by atoms with Crippen LogP contribution in [0.25, 0.3) is 0 Å². The first-order valence-corrected chi connectivity index (χ1v) is 6.02. The lowest BCUT2D eigenvalue weighted by atomic mass is 10.0. The van der Waals surface area contributed by atoms with Crippen molar-refractivity contribution in [3.63, 3.8) is 0 Å². The average Bonchev–Trinajstić information content (AvgIpc) is 2.49. The van der Waals surface area contributed by atoms with E-state index in [1.807, 2.05) is 12.1 Å². The van der Waals surface area contributed by atoms with Crippen LogP contribution in [0.15, 0.2) is 30.3 Å². The van der Waals surface area contributed by atoms with Crippen molar-refractivity contribution in [2.45, 2.75) is 12.8 Å². The fourth-order valence-electron chi connectivity index (χ4n) is 2.11. The zero-order valence-electron chi connectivity index (χ0n) is 9.48. The van der Waals surface area contributed by atoms with Crippen LogP contribution in [0.5, 0.6) is 23.0 Å². The molecule has 0 bridgehead atoms. The predicted octanol–water partition coefficient (Wildman–Crippen LogP) is 3.64. The first-order chi connectivity index (χ1) is 8.63. The van der Waals surface area contributed by atoms with Crippen molar-refractivity contribution in [1.82, 2.24) is 0 Å². The highest BCUT2D eigenvalue weighted by Gasteiger charge is 2.17. The number of aromatic hydroxyl groups is 2. The van der Waals surface area contributed by atoms with Gasteiger partial charge in [0.1, 0.15) is 11.5 Å². The Hall–Kier alpha value is -1.87. The van der Waals surface area contributed by atoms with Crippen molar-refractivity contribution in [1.29, 1.82) is 0 Å². The second-order valence-corrected chi connectivity index (χ2v) is 4.74. The van der Waals surface area contributed by atoms with Crippen LogP contribution in [-0.2, 0) is 12.8 Å². The van der Waals surface area contributed by atoms with Crippen molar-refractivity contribution in [3.05, 3.63) is 46.5 Å². The lowest BCUT2D eigenvalue weighted by molar-refractivity contribution is 0.397. The maximum absolute atomic E-state index is 9.51. The molecule has 0 radical (unpaired) electrons. The molecule has 1 aliphatic heterocycles. The summed E-state index contributed by atoms with van der Waals surface area (Å²) in [4.78, 5) is 0. The molecule has 3 nitrogen and oxygen atoms in total. The van der Waals surface area contributed by atoms with Gasteiger partial charge in [-0.05, 0) is 42.2 Å². The molecule has 1 aliphatic rings. The Morgan fingerprint density at radius 1 is 0.889 bits per heavy atom. The zero-order valence-corrected chi connectivity index (χ0v) is 10.2. The van der Waals surface area contributed by atoms with Crippen LogP contribution in [0.1, 0.15) is 11.1 Å². The van der Waals surface area contributed by atoms with Crippen LogP contribution in [0.3, 0.4) is 0 Å². The van der Waals surface area contributed by atoms with Crippen LogP contribution in [0, 0.1) is 0 Å².